The second-order valence-electron chi connectivity index (χ2n) is 4.69. The molecule has 0 radical (unpaired) electrons. The van der Waals surface area contributed by atoms with Gasteiger partial charge in [-0.05, 0) is 38.3 Å². The van der Waals surface area contributed by atoms with Crippen LogP contribution in [0.5, 0.6) is 5.75 Å². The number of methoxy groups -OCH3 is 1. The van der Waals surface area contributed by atoms with E-state index in [1.54, 1.807) is 11.0 Å². The van der Waals surface area contributed by atoms with E-state index >= 15 is 0 Å². The van der Waals surface area contributed by atoms with Crippen LogP contribution in [0.25, 0.3) is 0 Å². The topological polar surface area (TPSA) is 29.5 Å². The molecule has 1 aliphatic rings. The van der Waals surface area contributed by atoms with Gasteiger partial charge in [0.25, 0.3) is 5.91 Å². The number of hydrogen-bond donors (Lipinski definition) is 0. The standard InChI is InChI=1S/C14H18FNO2/c1-10-5-3-4-8-16(10)14(17)12-7-6-11(18-2)9-13(12)15/h6-7,9-10H,3-5,8H2,1-2H3. The zero-order valence-electron chi connectivity index (χ0n) is 10.8. The van der Waals surface area contributed by atoms with Crippen molar-refractivity contribution in [2.45, 2.75) is 32.2 Å². The van der Waals surface area contributed by atoms with Crippen LogP contribution in [-0.4, -0.2) is 30.5 Å². The van der Waals surface area contributed by atoms with Gasteiger partial charge < -0.3 is 9.64 Å². The Hall–Kier alpha value is -1.58. The van der Waals surface area contributed by atoms with Crippen LogP contribution in [0, 0.1) is 5.82 Å². The van der Waals surface area contributed by atoms with Crippen molar-refractivity contribution in [1.82, 2.24) is 4.90 Å². The number of amides is 1. The lowest BCUT2D eigenvalue weighted by atomic mass is 10.0. The summed E-state index contributed by atoms with van der Waals surface area (Å²) in [6, 6.07) is 4.55. The van der Waals surface area contributed by atoms with E-state index in [0.717, 1.165) is 19.3 Å². The van der Waals surface area contributed by atoms with Gasteiger partial charge >= 0.3 is 0 Å². The van der Waals surface area contributed by atoms with Gasteiger partial charge in [0.2, 0.25) is 0 Å². The fourth-order valence-electron chi connectivity index (χ4n) is 2.35. The monoisotopic (exact) mass is 251 g/mol. The first-order chi connectivity index (χ1) is 8.63. The number of likely N-dealkylation sites (tertiary alicyclic amines) is 1. The molecule has 1 saturated heterocycles. The maximum absolute atomic E-state index is 13.8. The lowest BCUT2D eigenvalue weighted by Gasteiger charge is -2.33. The molecule has 1 aromatic carbocycles. The average molecular weight is 251 g/mol. The quantitative estimate of drug-likeness (QED) is 0.809. The Balaban J connectivity index is 2.22. The Labute approximate surface area is 107 Å². The summed E-state index contributed by atoms with van der Waals surface area (Å²) in [4.78, 5) is 14.0. The smallest absolute Gasteiger partial charge is 0.257 e. The van der Waals surface area contributed by atoms with E-state index in [9.17, 15) is 9.18 Å². The third kappa shape index (κ3) is 2.47. The number of ether oxygens (including phenoxy) is 1. The number of nitrogens with zero attached hydrogens (tertiary/aromatic N) is 1. The minimum Gasteiger partial charge on any atom is -0.497 e. The summed E-state index contributed by atoms with van der Waals surface area (Å²) < 4.78 is 18.8. The van der Waals surface area contributed by atoms with Gasteiger partial charge in [-0.3, -0.25) is 4.79 Å². The molecule has 0 aromatic heterocycles. The molecule has 98 valence electrons. The van der Waals surface area contributed by atoms with E-state index in [1.807, 2.05) is 6.92 Å². The van der Waals surface area contributed by atoms with Gasteiger partial charge in [0.15, 0.2) is 0 Å². The molecule has 0 bridgehead atoms. The summed E-state index contributed by atoms with van der Waals surface area (Å²) in [7, 11) is 1.48. The number of halogens is 1. The van der Waals surface area contributed by atoms with E-state index in [-0.39, 0.29) is 17.5 Å². The van der Waals surface area contributed by atoms with Crippen LogP contribution in [0.4, 0.5) is 4.39 Å². The molecule has 1 aliphatic heterocycles. The van der Waals surface area contributed by atoms with Gasteiger partial charge in [-0.1, -0.05) is 0 Å². The minimum atomic E-state index is -0.517. The zero-order chi connectivity index (χ0) is 13.1. The fraction of sp³-hybridized carbons (Fsp3) is 0.500. The van der Waals surface area contributed by atoms with Crippen LogP contribution >= 0.6 is 0 Å². The predicted molar refractivity (Wildman–Crippen MR) is 67.3 cm³/mol. The first-order valence-electron chi connectivity index (χ1n) is 6.28. The van der Waals surface area contributed by atoms with Crippen molar-refractivity contribution < 1.29 is 13.9 Å². The molecule has 4 heteroatoms. The summed E-state index contributed by atoms with van der Waals surface area (Å²) in [6.07, 6.45) is 3.12. The Morgan fingerprint density at radius 3 is 2.83 bits per heavy atom. The van der Waals surface area contributed by atoms with Crippen molar-refractivity contribution in [3.05, 3.63) is 29.6 Å². The highest BCUT2D eigenvalue weighted by Gasteiger charge is 2.26. The molecule has 1 fully saturated rings. The van der Waals surface area contributed by atoms with Crippen LogP contribution in [-0.2, 0) is 0 Å². The molecule has 18 heavy (non-hydrogen) atoms. The molecular weight excluding hydrogens is 233 g/mol. The molecule has 1 unspecified atom stereocenters. The normalized spacial score (nSPS) is 19.7. The highest BCUT2D eigenvalue weighted by molar-refractivity contribution is 5.94. The molecule has 0 aliphatic carbocycles. The van der Waals surface area contributed by atoms with Crippen molar-refractivity contribution in [3.63, 3.8) is 0 Å². The van der Waals surface area contributed by atoms with Gasteiger partial charge in [-0.25, -0.2) is 4.39 Å². The average Bonchev–Trinajstić information content (AvgIpc) is 2.38. The number of carbonyl (C=O) groups is 1. The lowest BCUT2D eigenvalue weighted by molar-refractivity contribution is 0.0631. The van der Waals surface area contributed by atoms with Crippen molar-refractivity contribution in [3.8, 4) is 5.75 Å². The summed E-state index contributed by atoms with van der Waals surface area (Å²) in [5.41, 5.74) is 0.129. The number of rotatable bonds is 2. The summed E-state index contributed by atoms with van der Waals surface area (Å²) in [6.45, 7) is 2.73. The van der Waals surface area contributed by atoms with E-state index < -0.39 is 5.82 Å². The van der Waals surface area contributed by atoms with E-state index in [2.05, 4.69) is 0 Å². The Morgan fingerprint density at radius 1 is 1.44 bits per heavy atom. The summed E-state index contributed by atoms with van der Waals surface area (Å²) in [5, 5.41) is 0. The molecule has 0 saturated carbocycles. The van der Waals surface area contributed by atoms with Crippen LogP contribution in [0.1, 0.15) is 36.5 Å². The van der Waals surface area contributed by atoms with Crippen molar-refractivity contribution in [2.75, 3.05) is 13.7 Å². The molecule has 2 rings (SSSR count). The number of benzene rings is 1. The Bertz CT molecular complexity index is 447. The largest absolute Gasteiger partial charge is 0.497 e. The van der Waals surface area contributed by atoms with Crippen LogP contribution in [0.3, 0.4) is 0 Å². The lowest BCUT2D eigenvalue weighted by Crippen LogP contribution is -2.42. The second kappa shape index (κ2) is 5.38. The predicted octanol–water partition coefficient (Wildman–Crippen LogP) is 2.85. The van der Waals surface area contributed by atoms with E-state index in [0.29, 0.717) is 12.3 Å². The number of carbonyl (C=O) groups excluding carboxylic acids is 1. The molecule has 3 nitrogen and oxygen atoms in total. The highest BCUT2D eigenvalue weighted by Crippen LogP contribution is 2.22. The van der Waals surface area contributed by atoms with E-state index in [4.69, 9.17) is 4.74 Å². The van der Waals surface area contributed by atoms with E-state index in [1.165, 1.54) is 19.2 Å². The van der Waals surface area contributed by atoms with Gasteiger partial charge in [0, 0.05) is 18.7 Å². The Morgan fingerprint density at radius 2 is 2.22 bits per heavy atom. The van der Waals surface area contributed by atoms with Crippen molar-refractivity contribution in [1.29, 1.82) is 0 Å². The SMILES string of the molecule is COc1ccc(C(=O)N2CCCCC2C)c(F)c1. The Kier molecular flexibility index (Phi) is 3.84. The third-order valence-corrected chi connectivity index (χ3v) is 3.47. The van der Waals surface area contributed by atoms with Gasteiger partial charge in [0.1, 0.15) is 11.6 Å². The summed E-state index contributed by atoms with van der Waals surface area (Å²) in [5.74, 6) is -0.310. The highest BCUT2D eigenvalue weighted by atomic mass is 19.1. The number of hydrogen-bond acceptors (Lipinski definition) is 2. The van der Waals surface area contributed by atoms with Crippen LogP contribution < -0.4 is 4.74 Å². The molecule has 0 spiro atoms. The molecule has 1 aromatic rings. The van der Waals surface area contributed by atoms with Crippen LogP contribution in [0.2, 0.25) is 0 Å². The molecular formula is C14H18FNO2. The summed E-state index contributed by atoms with van der Waals surface area (Å²) >= 11 is 0. The van der Waals surface area contributed by atoms with Gasteiger partial charge in [-0.2, -0.15) is 0 Å². The first kappa shape index (κ1) is 12.9. The van der Waals surface area contributed by atoms with Crippen molar-refractivity contribution >= 4 is 5.91 Å². The maximum Gasteiger partial charge on any atom is 0.257 e. The van der Waals surface area contributed by atoms with Gasteiger partial charge in [-0.15, -0.1) is 0 Å². The molecule has 1 amide bonds. The first-order valence-corrected chi connectivity index (χ1v) is 6.28. The molecule has 0 N–H and O–H groups in total. The maximum atomic E-state index is 13.8. The fourth-order valence-corrected chi connectivity index (χ4v) is 2.35. The second-order valence-corrected chi connectivity index (χ2v) is 4.69. The molecule has 1 heterocycles. The number of piperidine rings is 1. The zero-order valence-corrected chi connectivity index (χ0v) is 10.8. The minimum absolute atomic E-state index is 0.129. The van der Waals surface area contributed by atoms with Gasteiger partial charge in [0.05, 0.1) is 12.7 Å². The molecule has 1 atom stereocenters. The van der Waals surface area contributed by atoms with Crippen molar-refractivity contribution in [2.24, 2.45) is 0 Å². The van der Waals surface area contributed by atoms with Crippen LogP contribution in [0.15, 0.2) is 18.2 Å². The third-order valence-electron chi connectivity index (χ3n) is 3.47.